The van der Waals surface area contributed by atoms with Crippen LogP contribution in [0.15, 0.2) is 36.4 Å². The van der Waals surface area contributed by atoms with E-state index in [2.05, 4.69) is 10.6 Å². The number of carbonyl (C=O) groups is 2. The molecule has 2 N–H and O–H groups in total. The number of amides is 2. The van der Waals surface area contributed by atoms with Gasteiger partial charge in [-0.3, -0.25) is 14.5 Å². The van der Waals surface area contributed by atoms with Crippen LogP contribution in [0.25, 0.3) is 0 Å². The van der Waals surface area contributed by atoms with Gasteiger partial charge in [-0.1, -0.05) is 47.5 Å². The van der Waals surface area contributed by atoms with Crippen molar-refractivity contribution in [1.29, 1.82) is 0 Å². The van der Waals surface area contributed by atoms with Gasteiger partial charge >= 0.3 is 0 Å². The zero-order valence-electron chi connectivity index (χ0n) is 17.1. The van der Waals surface area contributed by atoms with Gasteiger partial charge in [0.15, 0.2) is 0 Å². The van der Waals surface area contributed by atoms with Crippen molar-refractivity contribution in [3.8, 4) is 0 Å². The van der Waals surface area contributed by atoms with Gasteiger partial charge in [-0.25, -0.2) is 0 Å². The second kappa shape index (κ2) is 9.71. The van der Waals surface area contributed by atoms with Crippen LogP contribution in [0.2, 0.25) is 5.02 Å². The molecule has 0 heterocycles. The standard InChI is InChI=1S/C22H28ClN3O2/c1-14-10-15(2)22(16(3)11-14)25-20(27)12-24-21(28)13-26(5)17(4)18-8-6-7-9-19(18)23/h6-11,17H,12-13H2,1-5H3,(H,24,28)(H,25,27). The third-order valence-electron chi connectivity index (χ3n) is 4.80. The second-order valence-corrected chi connectivity index (χ2v) is 7.62. The minimum atomic E-state index is -0.245. The van der Waals surface area contributed by atoms with Crippen LogP contribution < -0.4 is 10.6 Å². The van der Waals surface area contributed by atoms with Crippen molar-refractivity contribution in [2.24, 2.45) is 0 Å². The molecule has 150 valence electrons. The first-order valence-corrected chi connectivity index (χ1v) is 9.66. The highest BCUT2D eigenvalue weighted by Crippen LogP contribution is 2.26. The van der Waals surface area contributed by atoms with E-state index in [1.165, 1.54) is 0 Å². The van der Waals surface area contributed by atoms with Crippen molar-refractivity contribution in [1.82, 2.24) is 10.2 Å². The number of anilines is 1. The molecule has 0 aromatic heterocycles. The monoisotopic (exact) mass is 401 g/mol. The van der Waals surface area contributed by atoms with Crippen LogP contribution in [0, 0.1) is 20.8 Å². The van der Waals surface area contributed by atoms with Crippen molar-refractivity contribution in [2.45, 2.75) is 33.7 Å². The Hall–Kier alpha value is -2.37. The first-order chi connectivity index (χ1) is 13.2. The highest BCUT2D eigenvalue weighted by molar-refractivity contribution is 6.31. The lowest BCUT2D eigenvalue weighted by atomic mass is 10.1. The van der Waals surface area contributed by atoms with E-state index < -0.39 is 0 Å². The second-order valence-electron chi connectivity index (χ2n) is 7.21. The molecule has 5 nitrogen and oxygen atoms in total. The molecule has 0 radical (unpaired) electrons. The Morgan fingerprint density at radius 2 is 1.68 bits per heavy atom. The van der Waals surface area contributed by atoms with Gasteiger partial charge in [-0.15, -0.1) is 0 Å². The number of halogens is 1. The predicted octanol–water partition coefficient (Wildman–Crippen LogP) is 4.01. The van der Waals surface area contributed by atoms with Crippen molar-refractivity contribution >= 4 is 29.1 Å². The third-order valence-corrected chi connectivity index (χ3v) is 5.14. The normalized spacial score (nSPS) is 12.0. The van der Waals surface area contributed by atoms with Crippen molar-refractivity contribution in [2.75, 3.05) is 25.5 Å². The maximum Gasteiger partial charge on any atom is 0.243 e. The lowest BCUT2D eigenvalue weighted by molar-refractivity contribution is -0.125. The minimum absolute atomic E-state index is 0.0221. The number of hydrogen-bond acceptors (Lipinski definition) is 3. The summed E-state index contributed by atoms with van der Waals surface area (Å²) < 4.78 is 0. The molecule has 0 saturated carbocycles. The van der Waals surface area contributed by atoms with Crippen molar-refractivity contribution < 1.29 is 9.59 Å². The van der Waals surface area contributed by atoms with Gasteiger partial charge in [-0.2, -0.15) is 0 Å². The molecule has 6 heteroatoms. The molecule has 2 amide bonds. The number of rotatable bonds is 7. The van der Waals surface area contributed by atoms with Crippen molar-refractivity contribution in [3.05, 3.63) is 63.7 Å². The summed E-state index contributed by atoms with van der Waals surface area (Å²) in [5, 5.41) is 6.24. The Labute approximate surface area is 172 Å². The minimum Gasteiger partial charge on any atom is -0.346 e. The number of nitrogens with one attached hydrogen (secondary N) is 2. The predicted molar refractivity (Wildman–Crippen MR) is 115 cm³/mol. The fraction of sp³-hybridized carbons (Fsp3) is 0.364. The summed E-state index contributed by atoms with van der Waals surface area (Å²) in [7, 11) is 1.85. The zero-order chi connectivity index (χ0) is 20.8. The molecular weight excluding hydrogens is 374 g/mol. The first kappa shape index (κ1) is 21.9. The number of carbonyl (C=O) groups excluding carboxylic acids is 2. The molecule has 0 aliphatic heterocycles. The number of nitrogens with zero attached hydrogens (tertiary/aromatic N) is 1. The van der Waals surface area contributed by atoms with E-state index in [-0.39, 0.29) is 30.9 Å². The van der Waals surface area contributed by atoms with E-state index >= 15 is 0 Å². The van der Waals surface area contributed by atoms with Gasteiger partial charge in [0.05, 0.1) is 13.1 Å². The molecule has 2 aromatic rings. The molecule has 2 rings (SSSR count). The summed E-state index contributed by atoms with van der Waals surface area (Å²) in [6, 6.07) is 11.6. The Bertz CT molecular complexity index is 844. The van der Waals surface area contributed by atoms with Gasteiger partial charge in [-0.05, 0) is 57.5 Å². The highest BCUT2D eigenvalue weighted by atomic mass is 35.5. The van der Waals surface area contributed by atoms with Gasteiger partial charge in [0.25, 0.3) is 0 Å². The van der Waals surface area contributed by atoms with Crippen molar-refractivity contribution in [3.63, 3.8) is 0 Å². The van der Waals surface area contributed by atoms with E-state index in [0.29, 0.717) is 5.02 Å². The highest BCUT2D eigenvalue weighted by Gasteiger charge is 2.17. The number of likely N-dealkylation sites (N-methyl/N-ethyl adjacent to an activating group) is 1. The van der Waals surface area contributed by atoms with E-state index in [9.17, 15) is 9.59 Å². The van der Waals surface area contributed by atoms with E-state index in [1.807, 2.05) is 76.0 Å². The van der Waals surface area contributed by atoms with Crippen LogP contribution in [0.5, 0.6) is 0 Å². The fourth-order valence-electron chi connectivity index (χ4n) is 3.21. The summed E-state index contributed by atoms with van der Waals surface area (Å²) in [5.41, 5.74) is 4.92. The lowest BCUT2D eigenvalue weighted by Gasteiger charge is -2.25. The average Bonchev–Trinajstić information content (AvgIpc) is 2.62. The maximum absolute atomic E-state index is 12.2. The van der Waals surface area contributed by atoms with E-state index in [1.54, 1.807) is 0 Å². The summed E-state index contributed by atoms with van der Waals surface area (Å²) >= 11 is 6.23. The summed E-state index contributed by atoms with van der Waals surface area (Å²) in [6.45, 7) is 8.02. The van der Waals surface area contributed by atoms with Gasteiger partial charge in [0.2, 0.25) is 11.8 Å². The number of benzene rings is 2. The molecule has 0 aliphatic carbocycles. The Morgan fingerprint density at radius 1 is 1.07 bits per heavy atom. The van der Waals surface area contributed by atoms with Gasteiger partial charge in [0.1, 0.15) is 0 Å². The molecular formula is C22H28ClN3O2. The average molecular weight is 402 g/mol. The van der Waals surface area contributed by atoms with Crippen LogP contribution >= 0.6 is 11.6 Å². The van der Waals surface area contributed by atoms with Crippen LogP contribution in [0.4, 0.5) is 5.69 Å². The molecule has 0 aliphatic rings. The number of aryl methyl sites for hydroxylation is 3. The molecule has 0 fully saturated rings. The molecule has 1 atom stereocenters. The van der Waals surface area contributed by atoms with Crippen LogP contribution in [-0.4, -0.2) is 36.9 Å². The molecule has 2 aromatic carbocycles. The number of hydrogen-bond donors (Lipinski definition) is 2. The van der Waals surface area contributed by atoms with Gasteiger partial charge < -0.3 is 10.6 Å². The quantitative estimate of drug-likeness (QED) is 0.736. The van der Waals surface area contributed by atoms with Crippen LogP contribution in [0.1, 0.15) is 35.2 Å². The molecule has 0 saturated heterocycles. The summed E-state index contributed by atoms with van der Waals surface area (Å²) in [5.74, 6) is -0.459. The SMILES string of the molecule is Cc1cc(C)c(NC(=O)CNC(=O)CN(C)C(C)c2ccccc2Cl)c(C)c1. The molecule has 1 unspecified atom stereocenters. The molecule has 0 spiro atoms. The topological polar surface area (TPSA) is 61.4 Å². The fourth-order valence-corrected chi connectivity index (χ4v) is 3.50. The molecule has 0 bridgehead atoms. The first-order valence-electron chi connectivity index (χ1n) is 9.28. The third kappa shape index (κ3) is 5.81. The van der Waals surface area contributed by atoms with E-state index in [4.69, 9.17) is 11.6 Å². The smallest absolute Gasteiger partial charge is 0.243 e. The zero-order valence-corrected chi connectivity index (χ0v) is 17.9. The lowest BCUT2D eigenvalue weighted by Crippen LogP contribution is -2.40. The molecule has 28 heavy (non-hydrogen) atoms. The Morgan fingerprint density at radius 3 is 2.29 bits per heavy atom. The maximum atomic E-state index is 12.2. The van der Waals surface area contributed by atoms with E-state index in [0.717, 1.165) is 27.9 Å². The Kier molecular flexibility index (Phi) is 7.61. The van der Waals surface area contributed by atoms with Crippen LogP contribution in [-0.2, 0) is 9.59 Å². The van der Waals surface area contributed by atoms with Crippen LogP contribution in [0.3, 0.4) is 0 Å². The summed E-state index contributed by atoms with van der Waals surface area (Å²) in [6.07, 6.45) is 0. The largest absolute Gasteiger partial charge is 0.346 e. The van der Waals surface area contributed by atoms with Gasteiger partial charge in [0, 0.05) is 16.8 Å². The Balaban J connectivity index is 1.87. The summed E-state index contributed by atoms with van der Waals surface area (Å²) in [4.78, 5) is 26.4.